The largest absolute Gasteiger partial charge is 0.508 e. The quantitative estimate of drug-likeness (QED) is 0.700. The molecule has 2 atom stereocenters. The molecule has 0 saturated carbocycles. The Hall–Kier alpha value is -1.59. The summed E-state index contributed by atoms with van der Waals surface area (Å²) in [5.41, 5.74) is 0.974. The molecule has 1 aromatic rings. The van der Waals surface area contributed by atoms with Gasteiger partial charge in [0.05, 0.1) is 12.2 Å². The molecule has 2 rings (SSSR count). The Labute approximate surface area is 105 Å². The second kappa shape index (κ2) is 5.37. The highest BCUT2D eigenvalue weighted by Crippen LogP contribution is 2.14. The van der Waals surface area contributed by atoms with Gasteiger partial charge in [-0.3, -0.25) is 4.79 Å². The molecule has 1 aliphatic rings. The number of amides is 1. The number of hydrogen-bond donors (Lipinski definition) is 3. The number of carbonyl (C=O) groups is 1. The van der Waals surface area contributed by atoms with E-state index < -0.39 is 12.2 Å². The number of β-amino-alcohol motifs (C(OH)–C–C–N with tert-alkyl or cyclic N) is 2. The molecule has 0 unspecified atom stereocenters. The first kappa shape index (κ1) is 12.9. The summed E-state index contributed by atoms with van der Waals surface area (Å²) in [6.07, 6.45) is -0.739. The molecule has 0 spiro atoms. The minimum Gasteiger partial charge on any atom is -0.508 e. The van der Waals surface area contributed by atoms with Gasteiger partial charge in [0.15, 0.2) is 0 Å². The number of carbonyl (C=O) groups excluding carboxylic acids is 1. The van der Waals surface area contributed by atoms with Crippen LogP contribution in [0.3, 0.4) is 0 Å². The van der Waals surface area contributed by atoms with Gasteiger partial charge in [0.25, 0.3) is 0 Å². The van der Waals surface area contributed by atoms with Crippen LogP contribution < -0.4 is 0 Å². The van der Waals surface area contributed by atoms with Crippen LogP contribution in [0.1, 0.15) is 12.0 Å². The van der Waals surface area contributed by atoms with Crippen molar-refractivity contribution in [3.63, 3.8) is 0 Å². The van der Waals surface area contributed by atoms with Crippen LogP contribution in [0.4, 0.5) is 0 Å². The summed E-state index contributed by atoms with van der Waals surface area (Å²) >= 11 is 0. The zero-order valence-corrected chi connectivity index (χ0v) is 9.99. The van der Waals surface area contributed by atoms with Gasteiger partial charge in [0, 0.05) is 19.5 Å². The van der Waals surface area contributed by atoms with Crippen LogP contribution in [0.5, 0.6) is 5.75 Å². The second-order valence-corrected chi connectivity index (χ2v) is 4.60. The van der Waals surface area contributed by atoms with Crippen molar-refractivity contribution in [2.45, 2.75) is 25.0 Å². The lowest BCUT2D eigenvalue weighted by Crippen LogP contribution is -2.29. The van der Waals surface area contributed by atoms with Gasteiger partial charge in [0.2, 0.25) is 5.91 Å². The summed E-state index contributed by atoms with van der Waals surface area (Å²) in [4.78, 5) is 13.3. The number of aryl methyl sites for hydroxylation is 1. The van der Waals surface area contributed by atoms with E-state index in [1.807, 2.05) is 0 Å². The van der Waals surface area contributed by atoms with Gasteiger partial charge in [0.1, 0.15) is 5.75 Å². The third-order valence-electron chi connectivity index (χ3n) is 3.18. The first-order chi connectivity index (χ1) is 8.56. The van der Waals surface area contributed by atoms with Crippen LogP contribution in [0.2, 0.25) is 0 Å². The van der Waals surface area contributed by atoms with Gasteiger partial charge in [-0.25, -0.2) is 0 Å². The van der Waals surface area contributed by atoms with Crippen molar-refractivity contribution in [3.05, 3.63) is 29.8 Å². The molecule has 1 fully saturated rings. The number of phenols is 1. The Morgan fingerprint density at radius 1 is 1.17 bits per heavy atom. The fraction of sp³-hybridized carbons (Fsp3) is 0.462. The van der Waals surface area contributed by atoms with Crippen molar-refractivity contribution in [2.24, 2.45) is 0 Å². The molecular weight excluding hydrogens is 234 g/mol. The van der Waals surface area contributed by atoms with E-state index in [-0.39, 0.29) is 24.7 Å². The van der Waals surface area contributed by atoms with Gasteiger partial charge in [-0.2, -0.15) is 0 Å². The highest BCUT2D eigenvalue weighted by atomic mass is 16.3. The van der Waals surface area contributed by atoms with E-state index in [1.54, 1.807) is 24.3 Å². The maximum absolute atomic E-state index is 11.8. The molecule has 0 bridgehead atoms. The van der Waals surface area contributed by atoms with Crippen LogP contribution >= 0.6 is 0 Å². The van der Waals surface area contributed by atoms with E-state index in [4.69, 9.17) is 5.11 Å². The molecule has 1 aromatic carbocycles. The Balaban J connectivity index is 1.83. The number of aliphatic hydroxyl groups excluding tert-OH is 2. The lowest BCUT2D eigenvalue weighted by molar-refractivity contribution is -0.130. The summed E-state index contributed by atoms with van der Waals surface area (Å²) in [6, 6.07) is 6.72. The first-order valence-corrected chi connectivity index (χ1v) is 5.98. The normalized spacial score (nSPS) is 23.3. The molecule has 3 N–H and O–H groups in total. The van der Waals surface area contributed by atoms with E-state index >= 15 is 0 Å². The van der Waals surface area contributed by atoms with Gasteiger partial charge < -0.3 is 20.2 Å². The van der Waals surface area contributed by atoms with Crippen molar-refractivity contribution < 1.29 is 20.1 Å². The molecular formula is C13H17NO4. The molecule has 0 aromatic heterocycles. The van der Waals surface area contributed by atoms with E-state index in [9.17, 15) is 15.0 Å². The van der Waals surface area contributed by atoms with Crippen LogP contribution in [-0.2, 0) is 11.2 Å². The predicted octanol–water partition coefficient (Wildman–Crippen LogP) is -0.111. The van der Waals surface area contributed by atoms with Crippen molar-refractivity contribution in [2.75, 3.05) is 13.1 Å². The molecule has 1 amide bonds. The SMILES string of the molecule is O=C(CCc1ccc(O)cc1)N1C[C@H](O)[C@@H](O)C1. The number of phenolic OH excluding ortho intramolecular Hbond substituents is 1. The van der Waals surface area contributed by atoms with Crippen LogP contribution in [0, 0.1) is 0 Å². The Morgan fingerprint density at radius 3 is 2.28 bits per heavy atom. The minimum atomic E-state index is -0.831. The average molecular weight is 251 g/mol. The third-order valence-corrected chi connectivity index (χ3v) is 3.18. The molecule has 98 valence electrons. The van der Waals surface area contributed by atoms with Crippen LogP contribution in [-0.4, -0.2) is 51.4 Å². The highest BCUT2D eigenvalue weighted by molar-refractivity contribution is 5.76. The highest BCUT2D eigenvalue weighted by Gasteiger charge is 2.31. The number of aromatic hydroxyl groups is 1. The summed E-state index contributed by atoms with van der Waals surface area (Å²) in [6.45, 7) is 0.408. The second-order valence-electron chi connectivity index (χ2n) is 4.60. The topological polar surface area (TPSA) is 81.0 Å². The number of hydrogen-bond acceptors (Lipinski definition) is 4. The Kier molecular flexibility index (Phi) is 3.84. The fourth-order valence-corrected chi connectivity index (χ4v) is 2.05. The number of likely N-dealkylation sites (tertiary alicyclic amines) is 1. The smallest absolute Gasteiger partial charge is 0.223 e. The molecule has 1 heterocycles. The standard InChI is InChI=1S/C13H17NO4/c15-10-4-1-9(2-5-10)3-6-13(18)14-7-11(16)12(17)8-14/h1-2,4-5,11-12,15-17H,3,6-8H2/t11-,12-/m0/s1. The van der Waals surface area contributed by atoms with E-state index in [0.717, 1.165) is 5.56 Å². The molecule has 1 aliphatic heterocycles. The number of nitrogens with zero attached hydrogens (tertiary/aromatic N) is 1. The van der Waals surface area contributed by atoms with Crippen molar-refractivity contribution in [1.29, 1.82) is 0 Å². The summed E-state index contributed by atoms with van der Waals surface area (Å²) in [7, 11) is 0. The minimum absolute atomic E-state index is 0.0707. The number of benzene rings is 1. The molecule has 5 nitrogen and oxygen atoms in total. The maximum Gasteiger partial charge on any atom is 0.223 e. The third kappa shape index (κ3) is 3.00. The van der Waals surface area contributed by atoms with Gasteiger partial charge in [-0.15, -0.1) is 0 Å². The monoisotopic (exact) mass is 251 g/mol. The zero-order chi connectivity index (χ0) is 13.1. The molecule has 0 aliphatic carbocycles. The first-order valence-electron chi connectivity index (χ1n) is 5.98. The van der Waals surface area contributed by atoms with Gasteiger partial charge >= 0.3 is 0 Å². The number of rotatable bonds is 3. The summed E-state index contributed by atoms with van der Waals surface area (Å²) in [5.74, 6) is 0.134. The summed E-state index contributed by atoms with van der Waals surface area (Å²) < 4.78 is 0. The van der Waals surface area contributed by atoms with Crippen LogP contribution in [0.15, 0.2) is 24.3 Å². The molecule has 0 radical (unpaired) electrons. The Bertz CT molecular complexity index is 408. The van der Waals surface area contributed by atoms with Crippen molar-refractivity contribution in [1.82, 2.24) is 4.90 Å². The van der Waals surface area contributed by atoms with E-state index in [2.05, 4.69) is 0 Å². The predicted molar refractivity (Wildman–Crippen MR) is 65.0 cm³/mol. The lowest BCUT2D eigenvalue weighted by Gasteiger charge is -2.15. The zero-order valence-electron chi connectivity index (χ0n) is 9.99. The Morgan fingerprint density at radius 2 is 1.72 bits per heavy atom. The molecule has 18 heavy (non-hydrogen) atoms. The van der Waals surface area contributed by atoms with Crippen LogP contribution in [0.25, 0.3) is 0 Å². The van der Waals surface area contributed by atoms with E-state index in [0.29, 0.717) is 12.8 Å². The van der Waals surface area contributed by atoms with E-state index in [1.165, 1.54) is 4.90 Å². The fourth-order valence-electron chi connectivity index (χ4n) is 2.05. The summed E-state index contributed by atoms with van der Waals surface area (Å²) in [5, 5.41) is 27.9. The molecule has 1 saturated heterocycles. The van der Waals surface area contributed by atoms with Gasteiger partial charge in [-0.1, -0.05) is 12.1 Å². The number of aliphatic hydroxyl groups is 2. The van der Waals surface area contributed by atoms with Gasteiger partial charge in [-0.05, 0) is 24.1 Å². The molecule has 5 heteroatoms. The van der Waals surface area contributed by atoms with Crippen molar-refractivity contribution >= 4 is 5.91 Å². The lowest BCUT2D eigenvalue weighted by atomic mass is 10.1. The maximum atomic E-state index is 11.8. The average Bonchev–Trinajstić information content (AvgIpc) is 2.69. The van der Waals surface area contributed by atoms with Crippen molar-refractivity contribution in [3.8, 4) is 5.75 Å².